The maximum absolute atomic E-state index is 13.0. The van der Waals surface area contributed by atoms with Gasteiger partial charge in [0.15, 0.2) is 0 Å². The Hall–Kier alpha value is -3.23. The van der Waals surface area contributed by atoms with Crippen LogP contribution in [0.3, 0.4) is 0 Å². The molecule has 0 aliphatic heterocycles. The average Bonchev–Trinajstić information content (AvgIpc) is 3.27. The molecule has 0 amide bonds. The molecule has 25 heavy (non-hydrogen) atoms. The van der Waals surface area contributed by atoms with Crippen molar-refractivity contribution in [2.24, 2.45) is 0 Å². The molecule has 0 spiro atoms. The molecular formula is C20H12FN3S. The fraction of sp³-hybridized carbons (Fsp3) is 0. The predicted molar refractivity (Wildman–Crippen MR) is 99.3 cm³/mol. The van der Waals surface area contributed by atoms with E-state index in [9.17, 15) is 9.65 Å². The molecule has 0 radical (unpaired) electrons. The van der Waals surface area contributed by atoms with Gasteiger partial charge in [0.05, 0.1) is 16.6 Å². The Morgan fingerprint density at radius 1 is 1.08 bits per heavy atom. The summed E-state index contributed by atoms with van der Waals surface area (Å²) in [5.74, 6) is 0.303. The number of aromatic nitrogens is 2. The van der Waals surface area contributed by atoms with Gasteiger partial charge in [0.25, 0.3) is 0 Å². The molecule has 0 unspecified atom stereocenters. The summed E-state index contributed by atoms with van der Waals surface area (Å²) in [5.41, 5.74) is 3.16. The van der Waals surface area contributed by atoms with E-state index < -0.39 is 0 Å². The van der Waals surface area contributed by atoms with E-state index in [0.29, 0.717) is 11.4 Å². The van der Waals surface area contributed by atoms with Crippen LogP contribution in [0.2, 0.25) is 0 Å². The summed E-state index contributed by atoms with van der Waals surface area (Å²) in [6.45, 7) is 0. The van der Waals surface area contributed by atoms with E-state index in [0.717, 1.165) is 26.4 Å². The number of aromatic amines is 1. The number of para-hydroxylation sites is 2. The first-order valence-corrected chi connectivity index (χ1v) is 8.47. The minimum atomic E-state index is -0.253. The fourth-order valence-electron chi connectivity index (χ4n) is 2.58. The maximum Gasteiger partial charge on any atom is 0.149 e. The highest BCUT2D eigenvalue weighted by Gasteiger charge is 2.09. The lowest BCUT2D eigenvalue weighted by atomic mass is 10.2. The number of nitrogens with zero attached hydrogens (tertiary/aromatic N) is 2. The number of allylic oxidation sites excluding steroid dienone is 1. The zero-order valence-corrected chi connectivity index (χ0v) is 13.8. The van der Waals surface area contributed by atoms with Crippen molar-refractivity contribution >= 4 is 34.0 Å². The van der Waals surface area contributed by atoms with Gasteiger partial charge in [-0.15, -0.1) is 11.3 Å². The molecule has 2 aromatic heterocycles. The molecule has 0 aliphatic rings. The van der Waals surface area contributed by atoms with Gasteiger partial charge in [-0.05, 0) is 48.0 Å². The highest BCUT2D eigenvalue weighted by atomic mass is 32.1. The topological polar surface area (TPSA) is 52.5 Å². The molecule has 120 valence electrons. The zero-order valence-electron chi connectivity index (χ0n) is 13.0. The van der Waals surface area contributed by atoms with Crippen molar-refractivity contribution in [3.8, 4) is 16.5 Å². The lowest BCUT2D eigenvalue weighted by molar-refractivity contribution is 0.628. The molecule has 0 fully saturated rings. The van der Waals surface area contributed by atoms with Gasteiger partial charge in [-0.1, -0.05) is 24.3 Å². The van der Waals surface area contributed by atoms with Gasteiger partial charge >= 0.3 is 0 Å². The molecule has 0 bridgehead atoms. The lowest BCUT2D eigenvalue weighted by Crippen LogP contribution is -1.83. The van der Waals surface area contributed by atoms with Crippen molar-refractivity contribution in [3.05, 3.63) is 77.2 Å². The Balaban J connectivity index is 1.69. The number of imidazole rings is 1. The molecule has 2 aromatic carbocycles. The normalized spacial score (nSPS) is 11.6. The molecule has 1 N–H and O–H groups in total. The second kappa shape index (κ2) is 6.34. The Kier molecular flexibility index (Phi) is 3.88. The Labute approximate surface area is 147 Å². The Morgan fingerprint density at radius 3 is 2.64 bits per heavy atom. The number of thiophene rings is 1. The summed E-state index contributed by atoms with van der Waals surface area (Å²) < 4.78 is 13.0. The first-order valence-electron chi connectivity index (χ1n) is 7.65. The second-order valence-electron chi connectivity index (χ2n) is 5.48. The molecule has 4 aromatic rings. The largest absolute Gasteiger partial charge is 0.337 e. The SMILES string of the molecule is N#C/C(=C\c1ccc(-c2ccc(F)cc2)s1)c1nc2ccccc2[nH]1. The molecular weight excluding hydrogens is 333 g/mol. The van der Waals surface area contributed by atoms with Crippen molar-refractivity contribution in [2.45, 2.75) is 0 Å². The van der Waals surface area contributed by atoms with Crippen LogP contribution in [0.4, 0.5) is 4.39 Å². The van der Waals surface area contributed by atoms with Crippen molar-refractivity contribution in [1.82, 2.24) is 9.97 Å². The zero-order chi connectivity index (χ0) is 17.2. The van der Waals surface area contributed by atoms with Gasteiger partial charge in [-0.3, -0.25) is 0 Å². The lowest BCUT2D eigenvalue weighted by Gasteiger charge is -1.96. The van der Waals surface area contributed by atoms with Gasteiger partial charge in [0, 0.05) is 9.75 Å². The first-order chi connectivity index (χ1) is 12.2. The third-order valence-electron chi connectivity index (χ3n) is 3.81. The number of halogens is 1. The van der Waals surface area contributed by atoms with Gasteiger partial charge in [-0.25, -0.2) is 9.37 Å². The summed E-state index contributed by atoms with van der Waals surface area (Å²) in [7, 11) is 0. The molecule has 0 atom stereocenters. The average molecular weight is 345 g/mol. The molecule has 3 nitrogen and oxygen atoms in total. The van der Waals surface area contributed by atoms with E-state index in [-0.39, 0.29) is 5.82 Å². The fourth-order valence-corrected chi connectivity index (χ4v) is 3.53. The van der Waals surface area contributed by atoms with Crippen LogP contribution < -0.4 is 0 Å². The molecule has 0 aliphatic carbocycles. The van der Waals surface area contributed by atoms with E-state index in [4.69, 9.17) is 0 Å². The van der Waals surface area contributed by atoms with Crippen LogP contribution in [0.5, 0.6) is 0 Å². The number of H-pyrrole nitrogens is 1. The molecule has 0 saturated carbocycles. The number of hydrogen-bond acceptors (Lipinski definition) is 3. The summed E-state index contributed by atoms with van der Waals surface area (Å²) in [4.78, 5) is 9.61. The number of rotatable bonds is 3. The monoisotopic (exact) mass is 345 g/mol. The third kappa shape index (κ3) is 3.08. The third-order valence-corrected chi connectivity index (χ3v) is 4.89. The minimum Gasteiger partial charge on any atom is -0.337 e. The van der Waals surface area contributed by atoms with Crippen LogP contribution in [0.15, 0.2) is 60.7 Å². The summed E-state index contributed by atoms with van der Waals surface area (Å²) >= 11 is 1.55. The van der Waals surface area contributed by atoms with Crippen LogP contribution in [0.25, 0.3) is 33.1 Å². The van der Waals surface area contributed by atoms with Crippen LogP contribution >= 0.6 is 11.3 Å². The van der Waals surface area contributed by atoms with Crippen molar-refractivity contribution in [2.75, 3.05) is 0 Å². The van der Waals surface area contributed by atoms with Crippen LogP contribution in [-0.4, -0.2) is 9.97 Å². The highest BCUT2D eigenvalue weighted by Crippen LogP contribution is 2.30. The van der Waals surface area contributed by atoms with Gasteiger partial charge in [0.1, 0.15) is 17.7 Å². The number of hydrogen-bond donors (Lipinski definition) is 1. The van der Waals surface area contributed by atoms with Gasteiger partial charge in [-0.2, -0.15) is 5.26 Å². The van der Waals surface area contributed by atoms with E-state index in [1.165, 1.54) is 12.1 Å². The Bertz CT molecular complexity index is 1080. The van der Waals surface area contributed by atoms with Crippen molar-refractivity contribution < 1.29 is 4.39 Å². The smallest absolute Gasteiger partial charge is 0.149 e. The minimum absolute atomic E-state index is 0.253. The standard InChI is InChI=1S/C20H12FN3S/c21-15-7-5-13(6-8-15)19-10-9-16(25-19)11-14(12-22)20-23-17-3-1-2-4-18(17)24-20/h1-11H,(H,23,24)/b14-11+. The Morgan fingerprint density at radius 2 is 1.88 bits per heavy atom. The second-order valence-corrected chi connectivity index (χ2v) is 6.60. The van der Waals surface area contributed by atoms with Gasteiger partial charge in [0.2, 0.25) is 0 Å². The number of benzene rings is 2. The van der Waals surface area contributed by atoms with Crippen molar-refractivity contribution in [3.63, 3.8) is 0 Å². The van der Waals surface area contributed by atoms with Crippen LogP contribution in [0, 0.1) is 17.1 Å². The van der Waals surface area contributed by atoms with Crippen LogP contribution in [-0.2, 0) is 0 Å². The number of fused-ring (bicyclic) bond motifs is 1. The van der Waals surface area contributed by atoms with E-state index in [1.807, 2.05) is 42.5 Å². The molecule has 0 saturated heterocycles. The first kappa shape index (κ1) is 15.3. The quantitative estimate of drug-likeness (QED) is 0.499. The number of nitrogens with one attached hydrogen (secondary N) is 1. The van der Waals surface area contributed by atoms with E-state index in [2.05, 4.69) is 16.0 Å². The number of nitriles is 1. The molecule has 2 heterocycles. The molecule has 4 rings (SSSR count). The van der Waals surface area contributed by atoms with E-state index in [1.54, 1.807) is 23.5 Å². The summed E-state index contributed by atoms with van der Waals surface area (Å²) in [5, 5.41) is 9.50. The van der Waals surface area contributed by atoms with Gasteiger partial charge < -0.3 is 4.98 Å². The predicted octanol–water partition coefficient (Wildman–Crippen LogP) is 5.49. The molecule has 5 heteroatoms. The van der Waals surface area contributed by atoms with Crippen LogP contribution in [0.1, 0.15) is 10.7 Å². The van der Waals surface area contributed by atoms with Crippen molar-refractivity contribution in [1.29, 1.82) is 5.26 Å². The summed E-state index contributed by atoms with van der Waals surface area (Å²) in [6, 6.07) is 20.2. The summed E-state index contributed by atoms with van der Waals surface area (Å²) in [6.07, 6.45) is 1.81. The highest BCUT2D eigenvalue weighted by molar-refractivity contribution is 7.16. The van der Waals surface area contributed by atoms with E-state index >= 15 is 0 Å². The maximum atomic E-state index is 13.0.